The molecule has 1 rings (SSSR count). The van der Waals surface area contributed by atoms with E-state index in [1.54, 1.807) is 6.92 Å². The van der Waals surface area contributed by atoms with Gasteiger partial charge in [0.25, 0.3) is 5.91 Å². The zero-order valence-corrected chi connectivity index (χ0v) is 11.4. The first kappa shape index (κ1) is 14.9. The number of aromatic carboxylic acids is 1. The lowest BCUT2D eigenvalue weighted by molar-refractivity contribution is -0.128. The third-order valence-corrected chi connectivity index (χ3v) is 2.14. The van der Waals surface area contributed by atoms with Crippen molar-refractivity contribution in [3.05, 3.63) is 24.0 Å². The van der Waals surface area contributed by atoms with Crippen LogP contribution >= 0.6 is 0 Å². The Hall–Kier alpha value is -2.11. The lowest BCUT2D eigenvalue weighted by Gasteiger charge is -2.23. The molecule has 1 aromatic rings. The SMILES string of the molecule is CC(Oc1ccc(C(=O)O)nc1)C(=O)NC(C)(C)C. The Balaban J connectivity index is 2.64. The molecule has 6 nitrogen and oxygen atoms in total. The van der Waals surface area contributed by atoms with Crippen LogP contribution in [0.15, 0.2) is 18.3 Å². The van der Waals surface area contributed by atoms with Crippen molar-refractivity contribution >= 4 is 11.9 Å². The van der Waals surface area contributed by atoms with E-state index in [0.717, 1.165) is 0 Å². The van der Waals surface area contributed by atoms with Gasteiger partial charge in [-0.1, -0.05) is 0 Å². The van der Waals surface area contributed by atoms with E-state index in [-0.39, 0.29) is 17.1 Å². The molecule has 0 saturated heterocycles. The van der Waals surface area contributed by atoms with E-state index in [9.17, 15) is 9.59 Å². The summed E-state index contributed by atoms with van der Waals surface area (Å²) < 4.78 is 5.39. The van der Waals surface area contributed by atoms with Crippen LogP contribution in [0.4, 0.5) is 0 Å². The average Bonchev–Trinajstić information content (AvgIpc) is 2.27. The Bertz CT molecular complexity index is 463. The first-order valence-corrected chi connectivity index (χ1v) is 5.87. The summed E-state index contributed by atoms with van der Waals surface area (Å²) in [4.78, 5) is 26.1. The van der Waals surface area contributed by atoms with E-state index in [1.807, 2.05) is 20.8 Å². The van der Waals surface area contributed by atoms with Gasteiger partial charge in [-0.25, -0.2) is 9.78 Å². The summed E-state index contributed by atoms with van der Waals surface area (Å²) >= 11 is 0. The predicted octanol–water partition coefficient (Wildman–Crippen LogP) is 1.46. The van der Waals surface area contributed by atoms with E-state index in [1.165, 1.54) is 18.3 Å². The van der Waals surface area contributed by atoms with Crippen molar-refractivity contribution in [3.63, 3.8) is 0 Å². The number of ether oxygens (including phenoxy) is 1. The van der Waals surface area contributed by atoms with Gasteiger partial charge in [-0.3, -0.25) is 4.79 Å². The summed E-state index contributed by atoms with van der Waals surface area (Å²) in [6, 6.07) is 2.80. The number of pyridine rings is 1. The summed E-state index contributed by atoms with van der Waals surface area (Å²) in [7, 11) is 0. The molecule has 1 amide bonds. The van der Waals surface area contributed by atoms with Crippen molar-refractivity contribution in [2.45, 2.75) is 39.3 Å². The van der Waals surface area contributed by atoms with Crippen LogP contribution in [0.2, 0.25) is 0 Å². The summed E-state index contributed by atoms with van der Waals surface area (Å²) in [5, 5.41) is 11.5. The van der Waals surface area contributed by atoms with Crippen molar-refractivity contribution in [1.82, 2.24) is 10.3 Å². The van der Waals surface area contributed by atoms with Crippen LogP contribution in [0.5, 0.6) is 5.75 Å². The number of aromatic nitrogens is 1. The maximum Gasteiger partial charge on any atom is 0.354 e. The van der Waals surface area contributed by atoms with Gasteiger partial charge in [0.2, 0.25) is 0 Å². The molecular weight excluding hydrogens is 248 g/mol. The number of carboxylic acids is 1. The molecular formula is C13H18N2O4. The van der Waals surface area contributed by atoms with Gasteiger partial charge in [0.15, 0.2) is 6.10 Å². The van der Waals surface area contributed by atoms with Crippen LogP contribution in [0.1, 0.15) is 38.2 Å². The molecule has 0 aliphatic rings. The quantitative estimate of drug-likeness (QED) is 0.861. The van der Waals surface area contributed by atoms with Crippen molar-refractivity contribution in [1.29, 1.82) is 0 Å². The van der Waals surface area contributed by atoms with Crippen molar-refractivity contribution in [2.75, 3.05) is 0 Å². The third kappa shape index (κ3) is 4.95. The maximum atomic E-state index is 11.8. The van der Waals surface area contributed by atoms with E-state index >= 15 is 0 Å². The van der Waals surface area contributed by atoms with E-state index in [0.29, 0.717) is 5.75 Å². The van der Waals surface area contributed by atoms with Crippen LogP contribution in [0, 0.1) is 0 Å². The minimum Gasteiger partial charge on any atom is -0.479 e. The van der Waals surface area contributed by atoms with Gasteiger partial charge >= 0.3 is 5.97 Å². The number of nitrogens with zero attached hydrogens (tertiary/aromatic N) is 1. The summed E-state index contributed by atoms with van der Waals surface area (Å²) in [6.07, 6.45) is 0.598. The first-order valence-electron chi connectivity index (χ1n) is 5.87. The molecule has 1 unspecified atom stereocenters. The molecule has 1 heterocycles. The Morgan fingerprint density at radius 2 is 2.00 bits per heavy atom. The van der Waals surface area contributed by atoms with Gasteiger partial charge in [0.05, 0.1) is 6.20 Å². The number of carbonyl (C=O) groups is 2. The second kappa shape index (κ2) is 5.69. The third-order valence-electron chi connectivity index (χ3n) is 2.14. The van der Waals surface area contributed by atoms with E-state index < -0.39 is 12.1 Å². The summed E-state index contributed by atoms with van der Waals surface area (Å²) in [6.45, 7) is 7.24. The molecule has 0 aliphatic heterocycles. The summed E-state index contributed by atoms with van der Waals surface area (Å²) in [5.41, 5.74) is -0.403. The fraction of sp³-hybridized carbons (Fsp3) is 0.462. The van der Waals surface area contributed by atoms with Crippen LogP contribution in [-0.2, 0) is 4.79 Å². The van der Waals surface area contributed by atoms with E-state index in [4.69, 9.17) is 9.84 Å². The van der Waals surface area contributed by atoms with E-state index in [2.05, 4.69) is 10.3 Å². The van der Waals surface area contributed by atoms with Gasteiger partial charge in [-0.15, -0.1) is 0 Å². The van der Waals surface area contributed by atoms with Crippen molar-refractivity contribution < 1.29 is 19.4 Å². The Morgan fingerprint density at radius 3 is 2.42 bits per heavy atom. The molecule has 19 heavy (non-hydrogen) atoms. The van der Waals surface area contributed by atoms with Crippen molar-refractivity contribution in [3.8, 4) is 5.75 Å². The van der Waals surface area contributed by atoms with Crippen molar-refractivity contribution in [2.24, 2.45) is 0 Å². The molecule has 1 atom stereocenters. The summed E-state index contributed by atoms with van der Waals surface area (Å²) in [5.74, 6) is -0.999. The highest BCUT2D eigenvalue weighted by molar-refractivity contribution is 5.85. The average molecular weight is 266 g/mol. The first-order chi connectivity index (χ1) is 8.69. The zero-order valence-electron chi connectivity index (χ0n) is 11.4. The van der Waals surface area contributed by atoms with Crippen LogP contribution in [-0.4, -0.2) is 33.6 Å². The van der Waals surface area contributed by atoms with Gasteiger partial charge in [0, 0.05) is 5.54 Å². The van der Waals surface area contributed by atoms with Gasteiger partial charge in [-0.05, 0) is 39.8 Å². The monoisotopic (exact) mass is 266 g/mol. The Labute approximate surface area is 111 Å². The van der Waals surface area contributed by atoms with Gasteiger partial charge in [-0.2, -0.15) is 0 Å². The zero-order chi connectivity index (χ0) is 14.6. The molecule has 1 aromatic heterocycles. The smallest absolute Gasteiger partial charge is 0.354 e. The molecule has 0 bridgehead atoms. The number of nitrogens with one attached hydrogen (secondary N) is 1. The molecule has 0 aliphatic carbocycles. The molecule has 0 spiro atoms. The lowest BCUT2D eigenvalue weighted by atomic mass is 10.1. The minimum atomic E-state index is -1.11. The molecule has 0 fully saturated rings. The fourth-order valence-electron chi connectivity index (χ4n) is 1.31. The predicted molar refractivity (Wildman–Crippen MR) is 69.2 cm³/mol. The standard InChI is InChI=1S/C13H18N2O4/c1-8(11(16)15-13(2,3)4)19-9-5-6-10(12(17)18)14-7-9/h5-8H,1-4H3,(H,15,16)(H,17,18). The maximum absolute atomic E-state index is 11.8. The highest BCUT2D eigenvalue weighted by atomic mass is 16.5. The van der Waals surface area contributed by atoms with Crippen LogP contribution in [0.25, 0.3) is 0 Å². The Kier molecular flexibility index (Phi) is 4.47. The molecule has 2 N–H and O–H groups in total. The second-order valence-corrected chi connectivity index (χ2v) is 5.18. The van der Waals surface area contributed by atoms with Gasteiger partial charge < -0.3 is 15.2 Å². The normalized spacial score (nSPS) is 12.6. The van der Waals surface area contributed by atoms with Crippen LogP contribution in [0.3, 0.4) is 0 Å². The fourth-order valence-corrected chi connectivity index (χ4v) is 1.31. The second-order valence-electron chi connectivity index (χ2n) is 5.18. The van der Waals surface area contributed by atoms with Gasteiger partial charge in [0.1, 0.15) is 11.4 Å². The Morgan fingerprint density at radius 1 is 1.37 bits per heavy atom. The number of amides is 1. The number of carboxylic acid groups (broad SMARTS) is 1. The number of rotatable bonds is 4. The largest absolute Gasteiger partial charge is 0.479 e. The van der Waals surface area contributed by atoms with Crippen LogP contribution < -0.4 is 10.1 Å². The minimum absolute atomic E-state index is 0.0702. The lowest BCUT2D eigenvalue weighted by Crippen LogP contribution is -2.46. The molecule has 0 saturated carbocycles. The molecule has 6 heteroatoms. The number of hydrogen-bond donors (Lipinski definition) is 2. The number of hydrogen-bond acceptors (Lipinski definition) is 4. The number of carbonyl (C=O) groups excluding carboxylic acids is 1. The highest BCUT2D eigenvalue weighted by Crippen LogP contribution is 2.12. The molecule has 0 aromatic carbocycles. The highest BCUT2D eigenvalue weighted by Gasteiger charge is 2.20. The molecule has 0 radical (unpaired) electrons. The molecule has 104 valence electrons. The topological polar surface area (TPSA) is 88.5 Å².